The zero-order valence-corrected chi connectivity index (χ0v) is 12.9. The fourth-order valence-electron chi connectivity index (χ4n) is 2.15. The smallest absolute Gasteiger partial charge is 0.241 e. The van der Waals surface area contributed by atoms with Crippen LogP contribution in [-0.2, 0) is 14.8 Å². The molecule has 1 aromatic carbocycles. The lowest BCUT2D eigenvalue weighted by Crippen LogP contribution is -2.22. The van der Waals surface area contributed by atoms with E-state index >= 15 is 0 Å². The van der Waals surface area contributed by atoms with E-state index in [-0.39, 0.29) is 22.5 Å². The van der Waals surface area contributed by atoms with E-state index in [1.54, 1.807) is 13.0 Å². The molecule has 0 spiro atoms. The maximum Gasteiger partial charge on any atom is 0.241 e. The Labute approximate surface area is 124 Å². The third kappa shape index (κ3) is 3.95. The first kappa shape index (κ1) is 15.8. The number of primary sulfonamides is 1. The average Bonchev–Trinajstić information content (AvgIpc) is 3.23. The number of carbonyl (C=O) groups excluding carboxylic acids is 1. The van der Waals surface area contributed by atoms with Gasteiger partial charge in [0.1, 0.15) is 10.6 Å². The number of sulfonamides is 1. The summed E-state index contributed by atoms with van der Waals surface area (Å²) in [5.41, 5.74) is 0.403. The van der Waals surface area contributed by atoms with E-state index in [1.165, 1.54) is 12.1 Å². The SMILES string of the molecule is CCOc1ccc(NC(=O)C(C)C2CC2)cc1S(N)(=O)=O. The Bertz CT molecular complexity index is 638. The third-order valence-electron chi connectivity index (χ3n) is 3.56. The molecule has 2 rings (SSSR count). The number of rotatable bonds is 6. The third-order valence-corrected chi connectivity index (χ3v) is 4.49. The second-order valence-electron chi connectivity index (χ2n) is 5.25. The van der Waals surface area contributed by atoms with Crippen LogP contribution >= 0.6 is 0 Å². The lowest BCUT2D eigenvalue weighted by molar-refractivity contribution is -0.119. The van der Waals surface area contributed by atoms with Crippen molar-refractivity contribution in [3.05, 3.63) is 18.2 Å². The molecule has 1 aliphatic rings. The zero-order valence-electron chi connectivity index (χ0n) is 12.1. The largest absolute Gasteiger partial charge is 0.492 e. The van der Waals surface area contributed by atoms with Gasteiger partial charge >= 0.3 is 0 Å². The molecule has 1 atom stereocenters. The van der Waals surface area contributed by atoms with Crippen molar-refractivity contribution in [2.45, 2.75) is 31.6 Å². The molecule has 1 amide bonds. The van der Waals surface area contributed by atoms with Gasteiger partial charge in [0.15, 0.2) is 0 Å². The van der Waals surface area contributed by atoms with E-state index in [1.807, 2.05) is 6.92 Å². The molecule has 0 aliphatic heterocycles. The zero-order chi connectivity index (χ0) is 15.6. The molecule has 21 heavy (non-hydrogen) atoms. The molecule has 1 aromatic rings. The molecule has 1 fully saturated rings. The summed E-state index contributed by atoms with van der Waals surface area (Å²) in [6.45, 7) is 3.95. The predicted molar refractivity (Wildman–Crippen MR) is 79.5 cm³/mol. The van der Waals surface area contributed by atoms with E-state index in [2.05, 4.69) is 5.32 Å². The van der Waals surface area contributed by atoms with Crippen LogP contribution in [0.3, 0.4) is 0 Å². The second kappa shape index (κ2) is 6.03. The number of ether oxygens (including phenoxy) is 1. The van der Waals surface area contributed by atoms with Gasteiger partial charge in [-0.15, -0.1) is 0 Å². The summed E-state index contributed by atoms with van der Waals surface area (Å²) in [6.07, 6.45) is 2.14. The van der Waals surface area contributed by atoms with E-state index in [9.17, 15) is 13.2 Å². The number of hydrogen-bond acceptors (Lipinski definition) is 4. The van der Waals surface area contributed by atoms with Crippen molar-refractivity contribution in [1.82, 2.24) is 0 Å². The highest BCUT2D eigenvalue weighted by atomic mass is 32.2. The minimum atomic E-state index is -3.91. The van der Waals surface area contributed by atoms with Gasteiger partial charge in [0, 0.05) is 11.6 Å². The van der Waals surface area contributed by atoms with E-state index in [0.29, 0.717) is 18.2 Å². The Hall–Kier alpha value is -1.60. The molecule has 0 heterocycles. The quantitative estimate of drug-likeness (QED) is 0.835. The minimum Gasteiger partial charge on any atom is -0.492 e. The van der Waals surface area contributed by atoms with Gasteiger partial charge in [-0.3, -0.25) is 4.79 Å². The number of nitrogens with one attached hydrogen (secondary N) is 1. The summed E-state index contributed by atoms with van der Waals surface area (Å²) in [5, 5.41) is 7.92. The molecule has 0 saturated heterocycles. The number of hydrogen-bond donors (Lipinski definition) is 2. The van der Waals surface area contributed by atoms with Crippen molar-refractivity contribution in [1.29, 1.82) is 0 Å². The van der Waals surface area contributed by atoms with Gasteiger partial charge < -0.3 is 10.1 Å². The highest BCUT2D eigenvalue weighted by Crippen LogP contribution is 2.37. The van der Waals surface area contributed by atoms with Gasteiger partial charge in [0.05, 0.1) is 6.61 Å². The molecular weight excluding hydrogens is 292 g/mol. The van der Waals surface area contributed by atoms with Crippen LogP contribution in [0.2, 0.25) is 0 Å². The molecule has 6 nitrogen and oxygen atoms in total. The number of anilines is 1. The molecule has 1 unspecified atom stereocenters. The molecule has 3 N–H and O–H groups in total. The summed E-state index contributed by atoms with van der Waals surface area (Å²) >= 11 is 0. The Kier molecular flexibility index (Phi) is 4.53. The molecule has 1 aliphatic carbocycles. The molecule has 116 valence electrons. The summed E-state index contributed by atoms with van der Waals surface area (Å²) in [6, 6.07) is 4.44. The standard InChI is InChI=1S/C14H20N2O4S/c1-3-20-12-7-6-11(8-13(12)21(15,18)19)16-14(17)9(2)10-4-5-10/h6-10H,3-5H2,1-2H3,(H,16,17)(H2,15,18,19). The van der Waals surface area contributed by atoms with Crippen molar-refractivity contribution in [3.8, 4) is 5.75 Å². The van der Waals surface area contributed by atoms with Gasteiger partial charge in [0.25, 0.3) is 0 Å². The van der Waals surface area contributed by atoms with E-state index in [0.717, 1.165) is 12.8 Å². The number of carbonyl (C=O) groups is 1. The van der Waals surface area contributed by atoms with Gasteiger partial charge in [0.2, 0.25) is 15.9 Å². The topological polar surface area (TPSA) is 98.5 Å². The first-order valence-electron chi connectivity index (χ1n) is 6.93. The summed E-state index contributed by atoms with van der Waals surface area (Å²) in [5.74, 6) is 0.440. The van der Waals surface area contributed by atoms with Crippen LogP contribution < -0.4 is 15.2 Å². The maximum atomic E-state index is 12.0. The molecular formula is C14H20N2O4S. The van der Waals surface area contributed by atoms with Gasteiger partial charge in [-0.1, -0.05) is 6.92 Å². The lowest BCUT2D eigenvalue weighted by Gasteiger charge is -2.14. The molecule has 0 bridgehead atoms. The Morgan fingerprint density at radius 3 is 2.67 bits per heavy atom. The fraction of sp³-hybridized carbons (Fsp3) is 0.500. The Morgan fingerprint density at radius 1 is 1.48 bits per heavy atom. The first-order valence-corrected chi connectivity index (χ1v) is 8.48. The molecule has 0 radical (unpaired) electrons. The molecule has 1 saturated carbocycles. The Morgan fingerprint density at radius 2 is 2.14 bits per heavy atom. The average molecular weight is 312 g/mol. The van der Waals surface area contributed by atoms with Crippen LogP contribution in [0, 0.1) is 11.8 Å². The van der Waals surface area contributed by atoms with Crippen LogP contribution in [-0.4, -0.2) is 20.9 Å². The minimum absolute atomic E-state index is 0.0745. The normalized spacial score (nSPS) is 16.3. The van der Waals surface area contributed by atoms with Gasteiger partial charge in [-0.2, -0.15) is 0 Å². The van der Waals surface area contributed by atoms with Crippen LogP contribution in [0.5, 0.6) is 5.75 Å². The van der Waals surface area contributed by atoms with Crippen LogP contribution in [0.15, 0.2) is 23.1 Å². The number of nitrogens with two attached hydrogens (primary N) is 1. The van der Waals surface area contributed by atoms with Crippen molar-refractivity contribution >= 4 is 21.6 Å². The lowest BCUT2D eigenvalue weighted by atomic mass is 10.1. The highest BCUT2D eigenvalue weighted by Gasteiger charge is 2.32. The van der Waals surface area contributed by atoms with E-state index < -0.39 is 10.0 Å². The summed E-state index contributed by atoms with van der Waals surface area (Å²) in [7, 11) is -3.91. The predicted octanol–water partition coefficient (Wildman–Crippen LogP) is 1.72. The number of benzene rings is 1. The van der Waals surface area contributed by atoms with Crippen LogP contribution in [0.25, 0.3) is 0 Å². The highest BCUT2D eigenvalue weighted by molar-refractivity contribution is 7.89. The summed E-state index contributed by atoms with van der Waals surface area (Å²) in [4.78, 5) is 11.9. The second-order valence-corrected chi connectivity index (χ2v) is 6.78. The van der Waals surface area contributed by atoms with Crippen molar-refractivity contribution < 1.29 is 17.9 Å². The van der Waals surface area contributed by atoms with E-state index in [4.69, 9.17) is 9.88 Å². The summed E-state index contributed by atoms with van der Waals surface area (Å²) < 4.78 is 28.5. The Balaban J connectivity index is 2.22. The van der Waals surface area contributed by atoms with Crippen molar-refractivity contribution in [2.75, 3.05) is 11.9 Å². The molecule has 0 aromatic heterocycles. The monoisotopic (exact) mass is 312 g/mol. The van der Waals surface area contributed by atoms with Crippen LogP contribution in [0.4, 0.5) is 5.69 Å². The first-order chi connectivity index (χ1) is 9.82. The number of amides is 1. The fourth-order valence-corrected chi connectivity index (χ4v) is 2.85. The molecule has 7 heteroatoms. The van der Waals surface area contributed by atoms with Crippen molar-refractivity contribution in [2.24, 2.45) is 17.0 Å². The van der Waals surface area contributed by atoms with Gasteiger partial charge in [-0.25, -0.2) is 13.6 Å². The van der Waals surface area contributed by atoms with Gasteiger partial charge in [-0.05, 0) is 43.9 Å². The maximum absolute atomic E-state index is 12.0. The van der Waals surface area contributed by atoms with Crippen LogP contribution in [0.1, 0.15) is 26.7 Å². The van der Waals surface area contributed by atoms with Crippen molar-refractivity contribution in [3.63, 3.8) is 0 Å².